The van der Waals surface area contributed by atoms with Crippen molar-refractivity contribution < 1.29 is 17.9 Å². The number of fused-ring (bicyclic) bond motifs is 2. The van der Waals surface area contributed by atoms with Gasteiger partial charge in [0.15, 0.2) is 12.4 Å². The average Bonchev–Trinajstić information content (AvgIpc) is 3.32. The van der Waals surface area contributed by atoms with Crippen molar-refractivity contribution in [3.8, 4) is 5.75 Å². The number of nitrogens with one attached hydrogen (secondary N) is 1. The fraction of sp³-hybridized carbons (Fsp3) is 0.333. The largest absolute Gasteiger partial charge is 0.480 e. The lowest BCUT2D eigenvalue weighted by atomic mass is 10.1. The Balaban J connectivity index is 1.63. The van der Waals surface area contributed by atoms with Crippen LogP contribution in [-0.2, 0) is 21.2 Å². The molecule has 9 heteroatoms. The molecular formula is C21H22N4O4S. The summed E-state index contributed by atoms with van der Waals surface area (Å²) in [5, 5.41) is 2.66. The quantitative estimate of drug-likeness (QED) is 0.688. The van der Waals surface area contributed by atoms with Gasteiger partial charge in [-0.1, -0.05) is 6.07 Å². The first kappa shape index (κ1) is 19.1. The van der Waals surface area contributed by atoms with E-state index < -0.39 is 10.0 Å². The number of pyridine rings is 1. The minimum Gasteiger partial charge on any atom is -0.480 e. The van der Waals surface area contributed by atoms with Crippen LogP contribution in [0.1, 0.15) is 18.4 Å². The molecule has 3 aromatic rings. The first-order valence-corrected chi connectivity index (χ1v) is 11.4. The Kier molecular flexibility index (Phi) is 4.52. The highest BCUT2D eigenvalue weighted by Gasteiger charge is 2.30. The number of aromatic nitrogens is 2. The minimum atomic E-state index is -3.96. The zero-order valence-corrected chi connectivity index (χ0v) is 17.4. The number of ether oxygens (including phenoxy) is 1. The van der Waals surface area contributed by atoms with E-state index in [1.54, 1.807) is 36.7 Å². The van der Waals surface area contributed by atoms with Gasteiger partial charge in [-0.15, -0.1) is 0 Å². The molecule has 4 heterocycles. The minimum absolute atomic E-state index is 0.0188. The van der Waals surface area contributed by atoms with Crippen molar-refractivity contribution in [1.29, 1.82) is 0 Å². The summed E-state index contributed by atoms with van der Waals surface area (Å²) in [4.78, 5) is 18.4. The Hall–Kier alpha value is -2.91. The summed E-state index contributed by atoms with van der Waals surface area (Å²) >= 11 is 0. The van der Waals surface area contributed by atoms with Crippen LogP contribution in [0.2, 0.25) is 0 Å². The Bertz CT molecular complexity index is 1250. The van der Waals surface area contributed by atoms with E-state index in [9.17, 15) is 13.2 Å². The molecular weight excluding hydrogens is 404 g/mol. The van der Waals surface area contributed by atoms with Crippen LogP contribution in [0.4, 0.5) is 5.69 Å². The molecule has 156 valence electrons. The zero-order valence-electron chi connectivity index (χ0n) is 16.5. The van der Waals surface area contributed by atoms with E-state index in [-0.39, 0.29) is 23.2 Å². The van der Waals surface area contributed by atoms with Crippen molar-refractivity contribution in [2.24, 2.45) is 0 Å². The van der Waals surface area contributed by atoms with E-state index >= 15 is 0 Å². The molecule has 1 atom stereocenters. The molecule has 0 radical (unpaired) electrons. The normalized spacial score (nSPS) is 19.5. The van der Waals surface area contributed by atoms with Crippen molar-refractivity contribution in [1.82, 2.24) is 13.9 Å². The monoisotopic (exact) mass is 426 g/mol. The van der Waals surface area contributed by atoms with Crippen LogP contribution in [0.25, 0.3) is 11.0 Å². The van der Waals surface area contributed by atoms with Crippen molar-refractivity contribution in [2.45, 2.75) is 30.2 Å². The summed E-state index contributed by atoms with van der Waals surface area (Å²) < 4.78 is 34.1. The van der Waals surface area contributed by atoms with E-state index in [4.69, 9.17) is 4.74 Å². The molecule has 8 nitrogen and oxygen atoms in total. The highest BCUT2D eigenvalue weighted by molar-refractivity contribution is 7.90. The first-order valence-electron chi connectivity index (χ1n) is 9.91. The molecule has 1 aromatic carbocycles. The number of nitrogens with zero attached hydrogens (tertiary/aromatic N) is 3. The SMILES string of the molecule is CN1CCC[C@@H]1Cc1cn(S(=O)(=O)c2cccc3c2OCC(=O)N3)c2cccnc12. The van der Waals surface area contributed by atoms with Crippen molar-refractivity contribution in [3.05, 3.63) is 48.3 Å². The Labute approximate surface area is 174 Å². The molecule has 0 unspecified atom stereocenters. The van der Waals surface area contributed by atoms with E-state index in [1.807, 2.05) is 0 Å². The van der Waals surface area contributed by atoms with Crippen LogP contribution in [0.3, 0.4) is 0 Å². The average molecular weight is 426 g/mol. The molecule has 30 heavy (non-hydrogen) atoms. The van der Waals surface area contributed by atoms with Gasteiger partial charge in [-0.25, -0.2) is 12.4 Å². The van der Waals surface area contributed by atoms with Gasteiger partial charge >= 0.3 is 0 Å². The van der Waals surface area contributed by atoms with Crippen LogP contribution < -0.4 is 10.1 Å². The van der Waals surface area contributed by atoms with Gasteiger partial charge in [0.05, 0.1) is 16.7 Å². The second kappa shape index (κ2) is 7.10. The maximum absolute atomic E-state index is 13.6. The third-order valence-electron chi connectivity index (χ3n) is 5.87. The molecule has 2 aromatic heterocycles. The summed E-state index contributed by atoms with van der Waals surface area (Å²) in [6.45, 7) is 0.834. The second-order valence-electron chi connectivity index (χ2n) is 7.78. The van der Waals surface area contributed by atoms with Gasteiger partial charge in [0.2, 0.25) is 0 Å². The second-order valence-corrected chi connectivity index (χ2v) is 9.56. The number of likely N-dealkylation sites (tertiary alicyclic amines) is 1. The van der Waals surface area contributed by atoms with Crippen LogP contribution in [-0.4, -0.2) is 54.4 Å². The number of rotatable bonds is 4. The van der Waals surface area contributed by atoms with Gasteiger partial charge in [0.1, 0.15) is 4.90 Å². The number of hydrogen-bond donors (Lipinski definition) is 1. The Morgan fingerprint density at radius 3 is 2.93 bits per heavy atom. The third-order valence-corrected chi connectivity index (χ3v) is 7.56. The highest BCUT2D eigenvalue weighted by Crippen LogP contribution is 2.37. The van der Waals surface area contributed by atoms with Gasteiger partial charge in [-0.3, -0.25) is 9.78 Å². The summed E-state index contributed by atoms with van der Waals surface area (Å²) in [6.07, 6.45) is 6.34. The van der Waals surface area contributed by atoms with Crippen LogP contribution in [0.5, 0.6) is 5.75 Å². The molecule has 1 fully saturated rings. The molecule has 2 aliphatic rings. The zero-order chi connectivity index (χ0) is 20.9. The van der Waals surface area contributed by atoms with Crippen molar-refractivity contribution >= 4 is 32.7 Å². The van der Waals surface area contributed by atoms with Crippen molar-refractivity contribution in [2.75, 3.05) is 25.5 Å². The predicted octanol–water partition coefficient (Wildman–Crippen LogP) is 2.24. The number of likely N-dealkylation sites (N-methyl/N-ethyl adjacent to an activating group) is 1. The van der Waals surface area contributed by atoms with Crippen LogP contribution in [0.15, 0.2) is 47.6 Å². The number of carbonyl (C=O) groups is 1. The summed E-state index contributed by atoms with van der Waals surface area (Å²) in [5.74, 6) is -0.143. The number of carbonyl (C=O) groups excluding carboxylic acids is 1. The van der Waals surface area contributed by atoms with Gasteiger partial charge in [0.25, 0.3) is 15.9 Å². The lowest BCUT2D eigenvalue weighted by molar-refractivity contribution is -0.118. The van der Waals surface area contributed by atoms with E-state index in [2.05, 4.69) is 22.2 Å². The van der Waals surface area contributed by atoms with Crippen molar-refractivity contribution in [3.63, 3.8) is 0 Å². The standard InChI is InChI=1S/C21H22N4O4S/c1-24-10-4-5-15(24)11-14-12-25(17-7-3-9-22-20(14)17)30(27,28)18-8-2-6-16-21(18)29-13-19(26)23-16/h2-3,6-9,12,15H,4-5,10-11,13H2,1H3,(H,23,26)/t15-/m1/s1. The molecule has 0 spiro atoms. The number of anilines is 1. The number of hydrogen-bond acceptors (Lipinski definition) is 6. The molecule has 0 bridgehead atoms. The molecule has 5 rings (SSSR count). The lowest BCUT2D eigenvalue weighted by Gasteiger charge is -2.21. The fourth-order valence-corrected chi connectivity index (χ4v) is 5.87. The van der Waals surface area contributed by atoms with Gasteiger partial charge in [-0.05, 0) is 62.7 Å². The summed E-state index contributed by atoms with van der Waals surface area (Å²) in [7, 11) is -1.86. The third kappa shape index (κ3) is 3.05. The molecule has 0 saturated carbocycles. The molecule has 1 N–H and O–H groups in total. The fourth-order valence-electron chi connectivity index (χ4n) is 4.33. The first-order chi connectivity index (χ1) is 14.4. The van der Waals surface area contributed by atoms with E-state index in [0.29, 0.717) is 22.8 Å². The maximum atomic E-state index is 13.6. The smallest absolute Gasteiger partial charge is 0.271 e. The predicted molar refractivity (Wildman–Crippen MR) is 112 cm³/mol. The Morgan fingerprint density at radius 1 is 1.27 bits per heavy atom. The molecule has 1 saturated heterocycles. The summed E-state index contributed by atoms with van der Waals surface area (Å²) in [6, 6.07) is 8.59. The van der Waals surface area contributed by atoms with Gasteiger partial charge < -0.3 is 15.0 Å². The van der Waals surface area contributed by atoms with Gasteiger partial charge in [0, 0.05) is 18.4 Å². The highest BCUT2D eigenvalue weighted by atomic mass is 32.2. The Morgan fingerprint density at radius 2 is 2.13 bits per heavy atom. The molecule has 0 aliphatic carbocycles. The number of amides is 1. The number of benzene rings is 1. The van der Waals surface area contributed by atoms with E-state index in [0.717, 1.165) is 31.4 Å². The van der Waals surface area contributed by atoms with E-state index in [1.165, 1.54) is 10.0 Å². The maximum Gasteiger partial charge on any atom is 0.271 e. The molecule has 2 aliphatic heterocycles. The summed E-state index contributed by atoms with van der Waals surface area (Å²) in [5.41, 5.74) is 2.49. The number of para-hydroxylation sites is 1. The topological polar surface area (TPSA) is 93.5 Å². The lowest BCUT2D eigenvalue weighted by Crippen LogP contribution is -2.27. The molecule has 1 amide bonds. The van der Waals surface area contributed by atoms with Crippen LogP contribution >= 0.6 is 0 Å². The van der Waals surface area contributed by atoms with Crippen LogP contribution in [0, 0.1) is 0 Å². The van der Waals surface area contributed by atoms with Gasteiger partial charge in [-0.2, -0.15) is 0 Å².